The van der Waals surface area contributed by atoms with Gasteiger partial charge in [0.25, 0.3) is 0 Å². The smallest absolute Gasteiger partial charge is 0.237 e. The van der Waals surface area contributed by atoms with Crippen LogP contribution in [-0.2, 0) is 11.2 Å². The first-order valence-electron chi connectivity index (χ1n) is 8.52. The number of rotatable bonds is 4. The molecule has 1 aliphatic rings. The number of carbonyl (C=O) groups excluding carboxylic acids is 1. The van der Waals surface area contributed by atoms with Gasteiger partial charge in [0.1, 0.15) is 0 Å². The molecule has 0 bridgehead atoms. The van der Waals surface area contributed by atoms with Gasteiger partial charge in [-0.25, -0.2) is 0 Å². The lowest BCUT2D eigenvalue weighted by Gasteiger charge is -2.22. The maximum atomic E-state index is 12.9. The molecule has 7 heteroatoms. The molecule has 0 unspecified atom stereocenters. The van der Waals surface area contributed by atoms with Crippen LogP contribution < -0.4 is 4.90 Å². The number of para-hydroxylation sites is 2. The van der Waals surface area contributed by atoms with Crippen molar-refractivity contribution < 1.29 is 4.79 Å². The molecular weight excluding hydrogens is 346 g/mol. The molecule has 0 radical (unpaired) electrons. The minimum absolute atomic E-state index is 0.0757. The summed E-state index contributed by atoms with van der Waals surface area (Å²) < 4.78 is 1.69. The lowest BCUT2D eigenvalue weighted by molar-refractivity contribution is -0.116. The summed E-state index contributed by atoms with van der Waals surface area (Å²) in [5, 5.41) is 12.6. The summed E-state index contributed by atoms with van der Waals surface area (Å²) >= 11 is 1.36. The van der Waals surface area contributed by atoms with Crippen LogP contribution in [0.5, 0.6) is 0 Å². The molecule has 0 aliphatic carbocycles. The van der Waals surface area contributed by atoms with Crippen molar-refractivity contribution >= 4 is 23.4 Å². The van der Waals surface area contributed by atoms with Crippen LogP contribution in [0.2, 0.25) is 0 Å². The summed E-state index contributed by atoms with van der Waals surface area (Å²) in [6.45, 7) is 4.10. The van der Waals surface area contributed by atoms with E-state index in [0.29, 0.717) is 10.9 Å². The second-order valence-electron chi connectivity index (χ2n) is 6.39. The number of thioether (sulfide) groups is 1. The molecule has 0 fully saturated rings. The molecular formula is C19H19N5OS. The summed E-state index contributed by atoms with van der Waals surface area (Å²) in [7, 11) is 0. The van der Waals surface area contributed by atoms with Crippen LogP contribution in [0, 0.1) is 6.92 Å². The molecule has 1 aliphatic heterocycles. The van der Waals surface area contributed by atoms with Gasteiger partial charge in [-0.1, -0.05) is 48.2 Å². The number of carbonyl (C=O) groups is 1. The van der Waals surface area contributed by atoms with Crippen molar-refractivity contribution in [3.63, 3.8) is 0 Å². The van der Waals surface area contributed by atoms with Gasteiger partial charge in [0.05, 0.1) is 11.4 Å². The van der Waals surface area contributed by atoms with E-state index in [1.807, 2.05) is 54.3 Å². The van der Waals surface area contributed by atoms with E-state index in [2.05, 4.69) is 28.5 Å². The molecule has 132 valence electrons. The lowest BCUT2D eigenvalue weighted by atomic mass is 10.1. The fourth-order valence-corrected chi connectivity index (χ4v) is 4.11. The highest BCUT2D eigenvalue weighted by atomic mass is 32.2. The van der Waals surface area contributed by atoms with Crippen LogP contribution >= 0.6 is 11.8 Å². The van der Waals surface area contributed by atoms with Crippen molar-refractivity contribution in [2.75, 3.05) is 10.7 Å². The van der Waals surface area contributed by atoms with Gasteiger partial charge in [0, 0.05) is 11.7 Å². The molecule has 6 nitrogen and oxygen atoms in total. The monoisotopic (exact) mass is 365 g/mol. The number of amides is 1. The van der Waals surface area contributed by atoms with Crippen molar-refractivity contribution in [3.05, 3.63) is 59.7 Å². The molecule has 2 heterocycles. The van der Waals surface area contributed by atoms with Gasteiger partial charge in [-0.05, 0) is 54.0 Å². The number of aromatic nitrogens is 4. The van der Waals surface area contributed by atoms with Gasteiger partial charge in [-0.15, -0.1) is 5.10 Å². The van der Waals surface area contributed by atoms with Crippen LogP contribution in [0.4, 0.5) is 5.69 Å². The zero-order valence-electron chi connectivity index (χ0n) is 14.7. The second-order valence-corrected chi connectivity index (χ2v) is 7.34. The van der Waals surface area contributed by atoms with Crippen LogP contribution in [0.1, 0.15) is 18.1 Å². The summed E-state index contributed by atoms with van der Waals surface area (Å²) in [5.74, 6) is 0.372. The normalized spacial score (nSPS) is 15.9. The molecule has 4 rings (SSSR count). The van der Waals surface area contributed by atoms with Crippen LogP contribution in [0.15, 0.2) is 53.7 Å². The summed E-state index contributed by atoms with van der Waals surface area (Å²) in [6, 6.07) is 16.2. The van der Waals surface area contributed by atoms with Gasteiger partial charge < -0.3 is 4.90 Å². The lowest BCUT2D eigenvalue weighted by Crippen LogP contribution is -2.37. The third-order valence-corrected chi connectivity index (χ3v) is 5.49. The fraction of sp³-hybridized carbons (Fsp3) is 0.263. The first-order valence-corrected chi connectivity index (χ1v) is 9.51. The number of tetrazole rings is 1. The Morgan fingerprint density at radius 1 is 1.15 bits per heavy atom. The van der Waals surface area contributed by atoms with Crippen LogP contribution in [0.25, 0.3) is 5.69 Å². The quantitative estimate of drug-likeness (QED) is 0.665. The Balaban J connectivity index is 1.52. The zero-order valence-corrected chi connectivity index (χ0v) is 15.5. The number of anilines is 1. The van der Waals surface area contributed by atoms with Crippen molar-refractivity contribution in [1.82, 2.24) is 20.2 Å². The molecule has 0 saturated heterocycles. The zero-order chi connectivity index (χ0) is 18.1. The maximum Gasteiger partial charge on any atom is 0.237 e. The fourth-order valence-electron chi connectivity index (χ4n) is 3.36. The van der Waals surface area contributed by atoms with Crippen molar-refractivity contribution in [2.45, 2.75) is 31.5 Å². The average Bonchev–Trinajstić information content (AvgIpc) is 3.23. The van der Waals surface area contributed by atoms with Gasteiger partial charge in [-0.3, -0.25) is 4.79 Å². The SMILES string of the molecule is Cc1ccccc1-n1nnnc1SCC(=O)N1c2ccccc2C[C@H]1C. The van der Waals surface area contributed by atoms with Gasteiger partial charge >= 0.3 is 0 Å². The number of benzene rings is 2. The Labute approximate surface area is 156 Å². The summed E-state index contributed by atoms with van der Waals surface area (Å²) in [5.41, 5.74) is 4.24. The largest absolute Gasteiger partial charge is 0.308 e. The average molecular weight is 365 g/mol. The van der Waals surface area contributed by atoms with E-state index in [-0.39, 0.29) is 11.9 Å². The van der Waals surface area contributed by atoms with Gasteiger partial charge in [0.15, 0.2) is 0 Å². The maximum absolute atomic E-state index is 12.9. The van der Waals surface area contributed by atoms with E-state index in [1.54, 1.807) is 4.68 Å². The van der Waals surface area contributed by atoms with Crippen molar-refractivity contribution in [1.29, 1.82) is 0 Å². The molecule has 2 aromatic carbocycles. The number of hydrogen-bond acceptors (Lipinski definition) is 5. The molecule has 0 saturated carbocycles. The highest BCUT2D eigenvalue weighted by molar-refractivity contribution is 7.99. The molecule has 26 heavy (non-hydrogen) atoms. The summed E-state index contributed by atoms with van der Waals surface area (Å²) in [4.78, 5) is 14.7. The van der Waals surface area contributed by atoms with Crippen LogP contribution in [0.3, 0.4) is 0 Å². The Morgan fingerprint density at radius 3 is 2.69 bits per heavy atom. The van der Waals surface area contributed by atoms with E-state index in [4.69, 9.17) is 0 Å². The molecule has 3 aromatic rings. The number of aryl methyl sites for hydroxylation is 1. The third kappa shape index (κ3) is 2.99. The van der Waals surface area contributed by atoms with Crippen molar-refractivity contribution in [3.8, 4) is 5.69 Å². The molecule has 1 amide bonds. The highest BCUT2D eigenvalue weighted by Crippen LogP contribution is 2.32. The van der Waals surface area contributed by atoms with E-state index >= 15 is 0 Å². The van der Waals surface area contributed by atoms with Crippen LogP contribution in [-0.4, -0.2) is 37.9 Å². The summed E-state index contributed by atoms with van der Waals surface area (Å²) in [6.07, 6.45) is 0.896. The molecule has 1 aromatic heterocycles. The topological polar surface area (TPSA) is 63.9 Å². The molecule has 0 N–H and O–H groups in total. The van der Waals surface area contributed by atoms with Crippen molar-refractivity contribution in [2.24, 2.45) is 0 Å². The molecule has 0 spiro atoms. The van der Waals surface area contributed by atoms with E-state index in [9.17, 15) is 4.79 Å². The Hall–Kier alpha value is -2.67. The minimum atomic E-state index is 0.0757. The predicted molar refractivity (Wildman–Crippen MR) is 102 cm³/mol. The third-order valence-electron chi connectivity index (χ3n) is 4.59. The van der Waals surface area contributed by atoms with E-state index < -0.39 is 0 Å². The predicted octanol–water partition coefficient (Wildman–Crippen LogP) is 3.04. The standard InChI is InChI=1S/C19H19N5OS/c1-13-7-3-5-9-16(13)24-19(20-21-22-24)26-12-18(25)23-14(2)11-15-8-4-6-10-17(15)23/h3-10,14H,11-12H2,1-2H3/t14-/m1/s1. The Kier molecular flexibility index (Phi) is 4.46. The van der Waals surface area contributed by atoms with Gasteiger partial charge in [0.2, 0.25) is 11.1 Å². The second kappa shape index (κ2) is 6.92. The highest BCUT2D eigenvalue weighted by Gasteiger charge is 2.30. The number of nitrogens with zero attached hydrogens (tertiary/aromatic N) is 5. The first-order chi connectivity index (χ1) is 12.6. The Bertz CT molecular complexity index is 954. The first kappa shape index (κ1) is 16.8. The molecule has 1 atom stereocenters. The number of fused-ring (bicyclic) bond motifs is 1. The number of hydrogen-bond donors (Lipinski definition) is 0. The Morgan fingerprint density at radius 2 is 1.88 bits per heavy atom. The van der Waals surface area contributed by atoms with E-state index in [1.165, 1.54) is 17.3 Å². The van der Waals surface area contributed by atoms with E-state index in [0.717, 1.165) is 23.4 Å². The van der Waals surface area contributed by atoms with Gasteiger partial charge in [-0.2, -0.15) is 4.68 Å². The minimum Gasteiger partial charge on any atom is -0.308 e.